The van der Waals surface area contributed by atoms with E-state index in [1.165, 1.54) is 11.3 Å². The monoisotopic (exact) mass is 412 g/mol. The van der Waals surface area contributed by atoms with Crippen molar-refractivity contribution in [2.24, 2.45) is 5.92 Å². The molecule has 0 saturated carbocycles. The first kappa shape index (κ1) is 19.2. The van der Waals surface area contributed by atoms with Gasteiger partial charge in [0.25, 0.3) is 5.91 Å². The van der Waals surface area contributed by atoms with Crippen LogP contribution in [0.3, 0.4) is 0 Å². The molecule has 1 saturated heterocycles. The van der Waals surface area contributed by atoms with E-state index in [0.717, 1.165) is 30.2 Å². The second-order valence-corrected chi connectivity index (χ2v) is 7.47. The number of H-pyrrole nitrogens is 1. The summed E-state index contributed by atoms with van der Waals surface area (Å²) in [4.78, 5) is 31.2. The molecule has 0 radical (unpaired) electrons. The molecular formula is C20H20N4O4S. The van der Waals surface area contributed by atoms with E-state index in [9.17, 15) is 9.59 Å². The first-order valence-corrected chi connectivity index (χ1v) is 10.0. The normalized spacial score (nSPS) is 13.5. The Morgan fingerprint density at radius 1 is 1.31 bits per heavy atom. The predicted molar refractivity (Wildman–Crippen MR) is 109 cm³/mol. The highest BCUT2D eigenvalue weighted by Crippen LogP contribution is 2.28. The average Bonchev–Trinajstić information content (AvgIpc) is 3.37. The van der Waals surface area contributed by atoms with Gasteiger partial charge < -0.3 is 25.1 Å². The number of thiazole rings is 1. The zero-order valence-electron chi connectivity index (χ0n) is 15.5. The van der Waals surface area contributed by atoms with E-state index in [-0.39, 0.29) is 18.4 Å². The molecule has 0 aliphatic carbocycles. The first-order valence-electron chi connectivity index (χ1n) is 9.15. The van der Waals surface area contributed by atoms with Gasteiger partial charge >= 0.3 is 0 Å². The van der Waals surface area contributed by atoms with Gasteiger partial charge in [0.05, 0.1) is 37.6 Å². The molecule has 0 atom stereocenters. The lowest BCUT2D eigenvalue weighted by Crippen LogP contribution is -2.32. The van der Waals surface area contributed by atoms with Crippen LogP contribution in [0.25, 0.3) is 11.3 Å². The Morgan fingerprint density at radius 3 is 2.97 bits per heavy atom. The number of amides is 2. The molecule has 1 aromatic carbocycles. The second kappa shape index (κ2) is 8.89. The molecule has 8 nitrogen and oxygen atoms in total. The molecule has 29 heavy (non-hydrogen) atoms. The summed E-state index contributed by atoms with van der Waals surface area (Å²) in [7, 11) is 0. The Hall–Kier alpha value is -3.17. The molecular weight excluding hydrogens is 392 g/mol. The first-order chi connectivity index (χ1) is 14.2. The number of nitrogens with one attached hydrogen (secondary N) is 3. The van der Waals surface area contributed by atoms with Crippen LogP contribution in [0.15, 0.2) is 48.1 Å². The van der Waals surface area contributed by atoms with Crippen molar-refractivity contribution in [3.63, 3.8) is 0 Å². The zero-order chi connectivity index (χ0) is 20.1. The lowest BCUT2D eigenvalue weighted by atomic mass is 10.1. The van der Waals surface area contributed by atoms with Crippen molar-refractivity contribution in [2.75, 3.05) is 31.7 Å². The minimum atomic E-state index is -0.338. The van der Waals surface area contributed by atoms with Gasteiger partial charge in [-0.25, -0.2) is 4.98 Å². The maximum atomic E-state index is 12.1. The third kappa shape index (κ3) is 5.01. The Bertz CT molecular complexity index is 982. The summed E-state index contributed by atoms with van der Waals surface area (Å²) in [5.41, 5.74) is 2.13. The van der Waals surface area contributed by atoms with Crippen LogP contribution in [0.1, 0.15) is 10.4 Å². The van der Waals surface area contributed by atoms with Crippen LogP contribution in [-0.4, -0.2) is 48.1 Å². The van der Waals surface area contributed by atoms with E-state index in [4.69, 9.17) is 9.47 Å². The number of carbonyl (C=O) groups is 2. The van der Waals surface area contributed by atoms with E-state index in [0.29, 0.717) is 23.2 Å². The number of nitrogens with zero attached hydrogens (tertiary/aromatic N) is 1. The molecule has 2 amide bonds. The van der Waals surface area contributed by atoms with Crippen molar-refractivity contribution in [2.45, 2.75) is 0 Å². The van der Waals surface area contributed by atoms with Gasteiger partial charge in [-0.1, -0.05) is 12.1 Å². The average molecular weight is 412 g/mol. The van der Waals surface area contributed by atoms with Crippen LogP contribution in [-0.2, 0) is 9.53 Å². The zero-order valence-corrected chi connectivity index (χ0v) is 16.3. The number of hydrogen-bond donors (Lipinski definition) is 3. The van der Waals surface area contributed by atoms with Gasteiger partial charge in [0, 0.05) is 29.3 Å². The second-order valence-electron chi connectivity index (χ2n) is 6.61. The number of rotatable bonds is 8. The lowest BCUT2D eigenvalue weighted by molar-refractivity contribution is -0.115. The smallest absolute Gasteiger partial charge is 0.253 e. The molecule has 0 spiro atoms. The molecule has 3 aromatic rings. The third-order valence-electron chi connectivity index (χ3n) is 4.34. The van der Waals surface area contributed by atoms with Crippen molar-refractivity contribution in [3.8, 4) is 17.0 Å². The number of ether oxygens (including phenoxy) is 2. The summed E-state index contributed by atoms with van der Waals surface area (Å²) in [6.45, 7) is 2.00. The van der Waals surface area contributed by atoms with Crippen molar-refractivity contribution >= 4 is 28.3 Å². The van der Waals surface area contributed by atoms with E-state index >= 15 is 0 Å². The van der Waals surface area contributed by atoms with E-state index in [1.807, 2.05) is 29.6 Å². The van der Waals surface area contributed by atoms with E-state index < -0.39 is 0 Å². The highest BCUT2D eigenvalue weighted by Gasteiger charge is 2.19. The van der Waals surface area contributed by atoms with E-state index in [1.54, 1.807) is 18.5 Å². The number of anilines is 1. The summed E-state index contributed by atoms with van der Waals surface area (Å²) in [6.07, 6.45) is 3.21. The fourth-order valence-corrected chi connectivity index (χ4v) is 3.43. The number of carbonyl (C=O) groups excluding carboxylic acids is 2. The molecule has 3 N–H and O–H groups in total. The van der Waals surface area contributed by atoms with Crippen molar-refractivity contribution in [3.05, 3.63) is 53.7 Å². The van der Waals surface area contributed by atoms with Crippen molar-refractivity contribution in [1.29, 1.82) is 0 Å². The van der Waals surface area contributed by atoms with E-state index in [2.05, 4.69) is 20.6 Å². The molecule has 2 aromatic heterocycles. The Kier molecular flexibility index (Phi) is 5.87. The highest BCUT2D eigenvalue weighted by molar-refractivity contribution is 7.14. The standard InChI is InChI=1S/C20H20N4O4S/c25-18(8-22-19(26)15-4-5-21-7-15)24-20-23-17(12-29-20)14-2-1-3-16(6-14)28-11-13-9-27-10-13/h1-7,12-13,21H,8-11H2,(H,22,26)(H,23,24,25). The summed E-state index contributed by atoms with van der Waals surface area (Å²) in [5.74, 6) is 0.582. The van der Waals surface area contributed by atoms with Crippen LogP contribution < -0.4 is 15.4 Å². The van der Waals surface area contributed by atoms with Gasteiger partial charge in [-0.2, -0.15) is 0 Å². The molecule has 0 bridgehead atoms. The minimum Gasteiger partial charge on any atom is -0.493 e. The van der Waals surface area contributed by atoms with Gasteiger partial charge in [-0.15, -0.1) is 11.3 Å². The molecule has 4 rings (SSSR count). The van der Waals surface area contributed by atoms with Crippen LogP contribution in [0.5, 0.6) is 5.75 Å². The molecule has 1 aliphatic heterocycles. The van der Waals surface area contributed by atoms with Crippen molar-refractivity contribution in [1.82, 2.24) is 15.3 Å². The van der Waals surface area contributed by atoms with Crippen LogP contribution in [0.4, 0.5) is 5.13 Å². The van der Waals surface area contributed by atoms with Gasteiger partial charge in [0.1, 0.15) is 5.75 Å². The summed E-state index contributed by atoms with van der Waals surface area (Å²) in [5, 5.41) is 7.61. The van der Waals surface area contributed by atoms with Crippen molar-refractivity contribution < 1.29 is 19.1 Å². The number of aromatic nitrogens is 2. The molecule has 9 heteroatoms. The number of aromatic amines is 1. The van der Waals surface area contributed by atoms with Crippen LogP contribution >= 0.6 is 11.3 Å². The lowest BCUT2D eigenvalue weighted by Gasteiger charge is -2.25. The fraction of sp³-hybridized carbons (Fsp3) is 0.250. The minimum absolute atomic E-state index is 0.132. The summed E-state index contributed by atoms with van der Waals surface area (Å²) in [6, 6.07) is 9.33. The van der Waals surface area contributed by atoms with Gasteiger partial charge in [0.15, 0.2) is 5.13 Å². The van der Waals surface area contributed by atoms with Gasteiger partial charge in [-0.3, -0.25) is 9.59 Å². The number of hydrogen-bond acceptors (Lipinski definition) is 6. The fourth-order valence-electron chi connectivity index (χ4n) is 2.69. The molecule has 0 unspecified atom stereocenters. The SMILES string of the molecule is O=C(CNC(=O)c1cc[nH]c1)Nc1nc(-c2cccc(OCC3COC3)c2)cs1. The van der Waals surface area contributed by atoms with Crippen LogP contribution in [0, 0.1) is 5.92 Å². The van der Waals surface area contributed by atoms with Crippen LogP contribution in [0.2, 0.25) is 0 Å². The molecule has 1 aliphatic rings. The maximum Gasteiger partial charge on any atom is 0.253 e. The van der Waals surface area contributed by atoms with Gasteiger partial charge in [0.2, 0.25) is 5.91 Å². The Labute approximate surface area is 171 Å². The quantitative estimate of drug-likeness (QED) is 0.527. The highest BCUT2D eigenvalue weighted by atomic mass is 32.1. The molecule has 3 heterocycles. The largest absolute Gasteiger partial charge is 0.493 e. The third-order valence-corrected chi connectivity index (χ3v) is 5.10. The predicted octanol–water partition coefficient (Wildman–Crippen LogP) is 2.53. The van der Waals surface area contributed by atoms with Gasteiger partial charge in [-0.05, 0) is 18.2 Å². The summed E-state index contributed by atoms with van der Waals surface area (Å²) >= 11 is 1.32. The molecule has 1 fully saturated rings. The topological polar surface area (TPSA) is 105 Å². The maximum absolute atomic E-state index is 12.1. The number of benzene rings is 1. The molecule has 150 valence electrons. The Balaban J connectivity index is 1.30. The Morgan fingerprint density at radius 2 is 2.21 bits per heavy atom. The summed E-state index contributed by atoms with van der Waals surface area (Å²) < 4.78 is 11.0.